The van der Waals surface area contributed by atoms with E-state index in [2.05, 4.69) is 62.5 Å². The van der Waals surface area contributed by atoms with Crippen molar-refractivity contribution in [3.63, 3.8) is 0 Å². The largest absolute Gasteiger partial charge is 0.391 e. The van der Waals surface area contributed by atoms with Crippen LogP contribution in [0.1, 0.15) is 101 Å². The molecular formula is C48H74ClN17O9S3. The SMILES string of the molecule is Cc1c(N)nc([C@H](CC(N)=O)NC[C@H](N)C(N)=O)nc1C(=O)N[C@@H](Cc1cccs1)C(=O)N[C@H](C)[C@@H](O)[C@H](C)C(=O)N[C@H](C(=O)NCCc1nc(-c2nc(C(=O)NCCCNCCCCNCCCN)cs2)c(Cl)s1)[C@@H](C)O. The van der Waals surface area contributed by atoms with Crippen molar-refractivity contribution in [2.24, 2.45) is 28.9 Å². The normalized spacial score (nSPS) is 14.5. The highest BCUT2D eigenvalue weighted by molar-refractivity contribution is 7.17. The summed E-state index contributed by atoms with van der Waals surface area (Å²) in [7, 11) is 0. The number of nitrogens with one attached hydrogen (secondary N) is 8. The number of aromatic nitrogens is 4. The van der Waals surface area contributed by atoms with Crippen LogP contribution in [0, 0.1) is 12.8 Å². The Labute approximate surface area is 469 Å². The lowest BCUT2D eigenvalue weighted by atomic mass is 9.96. The second-order valence-electron chi connectivity index (χ2n) is 18.5. The van der Waals surface area contributed by atoms with Crippen molar-refractivity contribution >= 4 is 92.8 Å². The number of carbonyl (C=O) groups excluding carboxylic acids is 7. The molecule has 7 amide bonds. The minimum atomic E-state index is -1.53. The molecule has 0 spiro atoms. The summed E-state index contributed by atoms with van der Waals surface area (Å²) in [5.41, 5.74) is 28.7. The zero-order valence-corrected chi connectivity index (χ0v) is 47.3. The van der Waals surface area contributed by atoms with Gasteiger partial charge in [0.25, 0.3) is 11.8 Å². The van der Waals surface area contributed by atoms with Gasteiger partial charge in [0.05, 0.1) is 41.3 Å². The number of rotatable bonds is 36. The lowest BCUT2D eigenvalue weighted by Gasteiger charge is -2.29. The summed E-state index contributed by atoms with van der Waals surface area (Å²) in [6.07, 6.45) is 0.810. The molecule has 4 aromatic rings. The van der Waals surface area contributed by atoms with Crippen LogP contribution in [0.15, 0.2) is 22.9 Å². The first-order valence-electron chi connectivity index (χ1n) is 25.4. The van der Waals surface area contributed by atoms with E-state index in [0.717, 1.165) is 51.9 Å². The lowest BCUT2D eigenvalue weighted by molar-refractivity contribution is -0.136. The summed E-state index contributed by atoms with van der Waals surface area (Å²) in [6, 6.07) is -2.47. The van der Waals surface area contributed by atoms with Gasteiger partial charge in [-0.25, -0.2) is 19.9 Å². The number of aliphatic hydroxyl groups excluding tert-OH is 2. The highest BCUT2D eigenvalue weighted by atomic mass is 35.5. The van der Waals surface area contributed by atoms with Gasteiger partial charge in [-0.05, 0) is 90.6 Å². The van der Waals surface area contributed by atoms with Crippen molar-refractivity contribution in [2.45, 2.75) is 115 Å². The molecule has 26 nitrogen and oxygen atoms in total. The maximum atomic E-state index is 13.9. The zero-order chi connectivity index (χ0) is 57.5. The molecule has 4 heterocycles. The number of halogens is 1. The summed E-state index contributed by atoms with van der Waals surface area (Å²) < 4.78 is 0.343. The summed E-state index contributed by atoms with van der Waals surface area (Å²) in [4.78, 5) is 109. The van der Waals surface area contributed by atoms with Crippen LogP contribution in [-0.2, 0) is 36.8 Å². The molecule has 30 heteroatoms. The van der Waals surface area contributed by atoms with E-state index in [9.17, 15) is 43.8 Å². The van der Waals surface area contributed by atoms with Crippen LogP contribution < -0.4 is 71.2 Å². The fraction of sp³-hybridized carbons (Fsp3) is 0.562. The molecule has 0 aliphatic carbocycles. The first kappa shape index (κ1) is 64.7. The number of nitrogens with two attached hydrogens (primary N) is 5. The van der Waals surface area contributed by atoms with Crippen LogP contribution in [-0.4, -0.2) is 160 Å². The Morgan fingerprint density at radius 3 is 2.13 bits per heavy atom. The summed E-state index contributed by atoms with van der Waals surface area (Å²) in [5, 5.41) is 49.3. The third-order valence-electron chi connectivity index (χ3n) is 12.1. The Kier molecular flexibility index (Phi) is 27.3. The number of unbranched alkanes of at least 4 members (excludes halogenated alkanes) is 1. The second-order valence-corrected chi connectivity index (χ2v) is 22.0. The maximum absolute atomic E-state index is 13.9. The average molecular weight is 1160 g/mol. The van der Waals surface area contributed by atoms with Gasteiger partial charge < -0.3 is 81.4 Å². The minimum Gasteiger partial charge on any atom is -0.391 e. The molecule has 0 radical (unpaired) electrons. The molecule has 4 aromatic heterocycles. The van der Waals surface area contributed by atoms with Crippen LogP contribution in [0.5, 0.6) is 0 Å². The monoisotopic (exact) mass is 1160 g/mol. The van der Waals surface area contributed by atoms with Crippen molar-refractivity contribution in [1.29, 1.82) is 0 Å². The van der Waals surface area contributed by atoms with E-state index in [4.69, 9.17) is 40.3 Å². The molecule has 0 aliphatic heterocycles. The molecule has 0 fully saturated rings. The van der Waals surface area contributed by atoms with Gasteiger partial charge >= 0.3 is 0 Å². The van der Waals surface area contributed by atoms with E-state index < -0.39 is 83.8 Å². The van der Waals surface area contributed by atoms with Crippen LogP contribution in [0.3, 0.4) is 0 Å². The Hall–Kier alpha value is -5.86. The summed E-state index contributed by atoms with van der Waals surface area (Å²) in [5.74, 6) is -6.50. The number of aliphatic hydroxyl groups is 2. The zero-order valence-electron chi connectivity index (χ0n) is 44.1. The highest BCUT2D eigenvalue weighted by Crippen LogP contribution is 2.34. The number of thiophene rings is 1. The number of hydrogen-bond donors (Lipinski definition) is 15. The Bertz CT molecular complexity index is 2610. The molecule has 8 atom stereocenters. The highest BCUT2D eigenvalue weighted by Gasteiger charge is 2.35. The molecule has 0 unspecified atom stereocenters. The number of nitrogens with zero attached hydrogens (tertiary/aromatic N) is 4. The molecule has 0 aliphatic rings. The fourth-order valence-corrected chi connectivity index (χ4v) is 10.3. The molecule has 0 aromatic carbocycles. The van der Waals surface area contributed by atoms with Gasteiger partial charge in [-0.15, -0.1) is 34.0 Å². The molecule has 20 N–H and O–H groups in total. The number of carbonyl (C=O) groups is 7. The summed E-state index contributed by atoms with van der Waals surface area (Å²) in [6.45, 7) is 10.2. The first-order valence-corrected chi connectivity index (χ1v) is 28.4. The minimum absolute atomic E-state index is 0.00151. The van der Waals surface area contributed by atoms with Gasteiger partial charge in [0, 0.05) is 54.7 Å². The molecular weight excluding hydrogens is 1090 g/mol. The first-order chi connectivity index (χ1) is 37.1. The van der Waals surface area contributed by atoms with E-state index in [0.29, 0.717) is 38.0 Å². The van der Waals surface area contributed by atoms with Crippen molar-refractivity contribution < 1.29 is 43.8 Å². The number of nitrogen functional groups attached to an aromatic ring is 1. The van der Waals surface area contributed by atoms with Gasteiger partial charge in [0.1, 0.15) is 50.2 Å². The Morgan fingerprint density at radius 2 is 1.49 bits per heavy atom. The van der Waals surface area contributed by atoms with E-state index in [-0.39, 0.29) is 66.9 Å². The molecule has 4 rings (SSSR count). The number of hydrogen-bond acceptors (Lipinski definition) is 22. The third-order valence-corrected chi connectivity index (χ3v) is 15.2. The predicted octanol–water partition coefficient (Wildman–Crippen LogP) is -1.52. The summed E-state index contributed by atoms with van der Waals surface area (Å²) >= 11 is 10.3. The Morgan fingerprint density at radius 1 is 0.795 bits per heavy atom. The third kappa shape index (κ3) is 20.7. The van der Waals surface area contributed by atoms with Gasteiger partial charge in [0.2, 0.25) is 29.5 Å². The van der Waals surface area contributed by atoms with Crippen molar-refractivity contribution in [1.82, 2.24) is 62.5 Å². The van der Waals surface area contributed by atoms with E-state index in [1.807, 2.05) is 0 Å². The number of primary amides is 2. The van der Waals surface area contributed by atoms with Crippen LogP contribution in [0.4, 0.5) is 5.82 Å². The fourth-order valence-electron chi connectivity index (χ4n) is 7.46. The van der Waals surface area contributed by atoms with Gasteiger partial charge in [-0.2, -0.15) is 0 Å². The number of anilines is 1. The topological polar surface area (TPSA) is 438 Å². The van der Waals surface area contributed by atoms with Gasteiger partial charge in [-0.3, -0.25) is 33.6 Å². The second kappa shape index (κ2) is 32.9. The average Bonchev–Trinajstić information content (AvgIpc) is 4.19. The lowest BCUT2D eigenvalue weighted by Crippen LogP contribution is -2.57. The van der Waals surface area contributed by atoms with E-state index >= 15 is 0 Å². The van der Waals surface area contributed by atoms with Gasteiger partial charge in [0.15, 0.2) is 0 Å². The number of thiazole rings is 2. The predicted molar refractivity (Wildman–Crippen MR) is 299 cm³/mol. The van der Waals surface area contributed by atoms with Gasteiger partial charge in [-0.1, -0.05) is 24.6 Å². The smallest absolute Gasteiger partial charge is 0.271 e. The number of amides is 7. The van der Waals surface area contributed by atoms with Crippen molar-refractivity contribution in [3.8, 4) is 10.7 Å². The van der Waals surface area contributed by atoms with Crippen LogP contribution in [0.25, 0.3) is 10.7 Å². The van der Waals surface area contributed by atoms with Crippen LogP contribution >= 0.6 is 45.6 Å². The molecule has 78 heavy (non-hydrogen) atoms. The molecule has 0 bridgehead atoms. The molecule has 0 saturated carbocycles. The van der Waals surface area contributed by atoms with Crippen molar-refractivity contribution in [3.05, 3.63) is 59.9 Å². The van der Waals surface area contributed by atoms with Crippen LogP contribution in [0.2, 0.25) is 4.34 Å². The maximum Gasteiger partial charge on any atom is 0.271 e. The molecule has 430 valence electrons. The molecule has 0 saturated heterocycles. The Balaban J connectivity index is 1.30. The van der Waals surface area contributed by atoms with E-state index in [1.54, 1.807) is 22.9 Å². The standard InChI is InChI=1S/C48H74ClN17O9S3/c1-24-35(64-42(66-40(24)53)30(21-33(52)68)59-22-29(51)41(54)70)47(75)61-31(20-28-10-7-19-76-28)45(73)60-26(3)38(69)25(2)43(71)65-36(27(4)67)46(74)58-18-11-34-63-37(39(49)78-34)48-62-32(23-77-48)44(72)57-17-9-16-56-14-6-5-13-55-15-8-12-50/h7,10,19,23,25-27,29-31,36,38,55-56,59,67,69H,5-6,8-9,11-18,20-22,50-51H2,1-4H3,(H2,52,68)(H2,54,70)(H,57,72)(H,58,74)(H,60,73)(H,61,75)(H,65,71)(H2,53,64,66)/t25-,26+,27+,29-,30-,31-,36-,38-/m0/s1. The van der Waals surface area contributed by atoms with E-state index in [1.165, 1.54) is 61.7 Å². The quantitative estimate of drug-likeness (QED) is 0.0230. The van der Waals surface area contributed by atoms with Crippen molar-refractivity contribution in [2.75, 3.05) is 58.1 Å².